The van der Waals surface area contributed by atoms with E-state index in [4.69, 9.17) is 0 Å². The van der Waals surface area contributed by atoms with Crippen LogP contribution in [0, 0.1) is 0 Å². The molecule has 7 nitrogen and oxygen atoms in total. The molecule has 1 heterocycles. The fraction of sp³-hybridized carbons (Fsp3) is 0.412. The van der Waals surface area contributed by atoms with Crippen molar-refractivity contribution in [2.45, 2.75) is 45.7 Å². The van der Waals surface area contributed by atoms with Gasteiger partial charge in [0.2, 0.25) is 12.3 Å². The van der Waals surface area contributed by atoms with Crippen molar-refractivity contribution in [1.82, 2.24) is 10.2 Å². The van der Waals surface area contributed by atoms with Gasteiger partial charge >= 0.3 is 0 Å². The van der Waals surface area contributed by atoms with Crippen LogP contribution in [-0.2, 0) is 9.59 Å². The zero-order valence-corrected chi connectivity index (χ0v) is 14.0. The Labute approximate surface area is 140 Å². The summed E-state index contributed by atoms with van der Waals surface area (Å²) in [5.74, 6) is -1.67. The summed E-state index contributed by atoms with van der Waals surface area (Å²) in [5, 5.41) is 5.21. The first-order valence-corrected chi connectivity index (χ1v) is 7.93. The summed E-state index contributed by atoms with van der Waals surface area (Å²) in [6, 6.07) is 4.12. The highest BCUT2D eigenvalue weighted by Gasteiger charge is 2.42. The van der Waals surface area contributed by atoms with Gasteiger partial charge in [0.1, 0.15) is 6.04 Å². The molecule has 0 bridgehead atoms. The highest BCUT2D eigenvalue weighted by atomic mass is 16.2. The molecule has 0 aromatic heterocycles. The van der Waals surface area contributed by atoms with E-state index in [1.54, 1.807) is 18.2 Å². The SMILES string of the molecule is CCCC(C(=O)NC=O)N1C(=O)c2ccc(NC(C)C)cc2C1=O. The van der Waals surface area contributed by atoms with Crippen molar-refractivity contribution >= 4 is 29.8 Å². The predicted molar refractivity (Wildman–Crippen MR) is 88.6 cm³/mol. The van der Waals surface area contributed by atoms with Crippen molar-refractivity contribution in [3.05, 3.63) is 29.3 Å². The molecule has 4 amide bonds. The molecule has 2 rings (SSSR count). The van der Waals surface area contributed by atoms with Gasteiger partial charge in [-0.05, 0) is 38.5 Å². The fourth-order valence-corrected chi connectivity index (χ4v) is 2.77. The summed E-state index contributed by atoms with van der Waals surface area (Å²) in [7, 11) is 0. The third kappa shape index (κ3) is 3.29. The second-order valence-corrected chi connectivity index (χ2v) is 5.97. The fourth-order valence-electron chi connectivity index (χ4n) is 2.77. The zero-order chi connectivity index (χ0) is 17.9. The lowest BCUT2D eigenvalue weighted by Gasteiger charge is -2.23. The van der Waals surface area contributed by atoms with Gasteiger partial charge < -0.3 is 5.32 Å². The number of carbonyl (C=O) groups is 4. The van der Waals surface area contributed by atoms with Crippen molar-refractivity contribution in [2.24, 2.45) is 0 Å². The number of hydrogen-bond acceptors (Lipinski definition) is 5. The summed E-state index contributed by atoms with van der Waals surface area (Å²) in [6.45, 7) is 5.77. The third-order valence-corrected chi connectivity index (χ3v) is 3.75. The van der Waals surface area contributed by atoms with Gasteiger partial charge in [0.15, 0.2) is 0 Å². The van der Waals surface area contributed by atoms with Gasteiger partial charge in [0.05, 0.1) is 11.1 Å². The number of rotatable bonds is 7. The van der Waals surface area contributed by atoms with Crippen LogP contribution in [0.4, 0.5) is 5.69 Å². The molecule has 7 heteroatoms. The quantitative estimate of drug-likeness (QED) is 0.584. The second kappa shape index (κ2) is 7.25. The van der Waals surface area contributed by atoms with Crippen LogP contribution < -0.4 is 10.6 Å². The molecule has 2 N–H and O–H groups in total. The minimum atomic E-state index is -0.992. The average Bonchev–Trinajstić information content (AvgIpc) is 2.76. The van der Waals surface area contributed by atoms with Crippen LogP contribution in [0.5, 0.6) is 0 Å². The van der Waals surface area contributed by atoms with E-state index in [-0.39, 0.29) is 23.6 Å². The van der Waals surface area contributed by atoms with E-state index in [1.165, 1.54) is 0 Å². The number of hydrogen-bond donors (Lipinski definition) is 2. The molecule has 0 saturated carbocycles. The molecule has 1 unspecified atom stereocenters. The molecule has 1 aromatic rings. The molecular formula is C17H21N3O4. The first kappa shape index (κ1) is 17.7. The zero-order valence-electron chi connectivity index (χ0n) is 14.0. The van der Waals surface area contributed by atoms with Gasteiger partial charge in [-0.3, -0.25) is 29.4 Å². The van der Waals surface area contributed by atoms with E-state index in [0.29, 0.717) is 12.8 Å². The van der Waals surface area contributed by atoms with E-state index in [1.807, 2.05) is 26.1 Å². The molecule has 24 heavy (non-hydrogen) atoms. The Balaban J connectivity index is 2.36. The molecule has 1 aromatic carbocycles. The van der Waals surface area contributed by atoms with Gasteiger partial charge in [-0.15, -0.1) is 0 Å². The Kier molecular flexibility index (Phi) is 5.33. The summed E-state index contributed by atoms with van der Waals surface area (Å²) in [5.41, 5.74) is 1.27. The van der Waals surface area contributed by atoms with Crippen LogP contribution in [0.15, 0.2) is 18.2 Å². The number of anilines is 1. The average molecular weight is 331 g/mol. The smallest absolute Gasteiger partial charge is 0.262 e. The third-order valence-electron chi connectivity index (χ3n) is 3.75. The summed E-state index contributed by atoms with van der Waals surface area (Å²) in [4.78, 5) is 48.8. The van der Waals surface area contributed by atoms with Crippen molar-refractivity contribution in [1.29, 1.82) is 0 Å². The van der Waals surface area contributed by atoms with E-state index in [0.717, 1.165) is 10.6 Å². The Hall–Kier alpha value is -2.70. The van der Waals surface area contributed by atoms with Gasteiger partial charge in [0, 0.05) is 11.7 Å². The van der Waals surface area contributed by atoms with Crippen LogP contribution in [0.25, 0.3) is 0 Å². The first-order chi connectivity index (χ1) is 11.4. The molecule has 0 radical (unpaired) electrons. The molecular weight excluding hydrogens is 310 g/mol. The minimum Gasteiger partial charge on any atom is -0.383 e. The lowest BCUT2D eigenvalue weighted by molar-refractivity contribution is -0.128. The monoisotopic (exact) mass is 331 g/mol. The topological polar surface area (TPSA) is 95.6 Å². The molecule has 0 saturated heterocycles. The van der Waals surface area contributed by atoms with Crippen LogP contribution in [-0.4, -0.2) is 41.1 Å². The van der Waals surface area contributed by atoms with Crippen LogP contribution in [0.3, 0.4) is 0 Å². The van der Waals surface area contributed by atoms with Crippen molar-refractivity contribution in [3.63, 3.8) is 0 Å². The Bertz CT molecular complexity index is 684. The number of amides is 4. The number of nitrogens with one attached hydrogen (secondary N) is 2. The number of nitrogens with zero attached hydrogens (tertiary/aromatic N) is 1. The molecule has 1 aliphatic heterocycles. The molecule has 0 aliphatic carbocycles. The number of carbonyl (C=O) groups excluding carboxylic acids is 4. The molecule has 0 spiro atoms. The van der Waals surface area contributed by atoms with Gasteiger partial charge in [-0.2, -0.15) is 0 Å². The number of fused-ring (bicyclic) bond motifs is 1. The normalized spacial score (nSPS) is 14.6. The van der Waals surface area contributed by atoms with Gasteiger partial charge in [0.25, 0.3) is 11.8 Å². The Morgan fingerprint density at radius 2 is 1.88 bits per heavy atom. The molecule has 1 aliphatic rings. The van der Waals surface area contributed by atoms with E-state index in [9.17, 15) is 19.2 Å². The molecule has 1 atom stereocenters. The summed E-state index contributed by atoms with van der Waals surface area (Å²) >= 11 is 0. The van der Waals surface area contributed by atoms with Crippen LogP contribution in [0.2, 0.25) is 0 Å². The Morgan fingerprint density at radius 3 is 2.46 bits per heavy atom. The molecule has 128 valence electrons. The maximum absolute atomic E-state index is 12.7. The lowest BCUT2D eigenvalue weighted by atomic mass is 10.1. The largest absolute Gasteiger partial charge is 0.383 e. The van der Waals surface area contributed by atoms with E-state index < -0.39 is 23.8 Å². The van der Waals surface area contributed by atoms with Crippen molar-refractivity contribution in [3.8, 4) is 0 Å². The van der Waals surface area contributed by atoms with E-state index in [2.05, 4.69) is 5.32 Å². The number of imide groups is 2. The minimum absolute atomic E-state index is 0.178. The Morgan fingerprint density at radius 1 is 1.21 bits per heavy atom. The van der Waals surface area contributed by atoms with Gasteiger partial charge in [-0.25, -0.2) is 0 Å². The standard InChI is InChI=1S/C17H21N3O4/c1-4-5-14(15(22)18-9-21)20-16(23)12-7-6-11(19-10(2)3)8-13(12)17(20)24/h6-10,14,19H,4-5H2,1-3H3,(H,18,21,22). The maximum Gasteiger partial charge on any atom is 0.262 e. The maximum atomic E-state index is 12.7. The van der Waals surface area contributed by atoms with E-state index >= 15 is 0 Å². The van der Waals surface area contributed by atoms with Crippen LogP contribution >= 0.6 is 0 Å². The summed E-state index contributed by atoms with van der Waals surface area (Å²) < 4.78 is 0. The van der Waals surface area contributed by atoms with Crippen molar-refractivity contribution in [2.75, 3.05) is 5.32 Å². The second-order valence-electron chi connectivity index (χ2n) is 5.97. The first-order valence-electron chi connectivity index (χ1n) is 7.93. The number of benzene rings is 1. The molecule has 0 fully saturated rings. The highest BCUT2D eigenvalue weighted by molar-refractivity contribution is 6.23. The summed E-state index contributed by atoms with van der Waals surface area (Å²) in [6.07, 6.45) is 1.14. The van der Waals surface area contributed by atoms with Crippen molar-refractivity contribution < 1.29 is 19.2 Å². The highest BCUT2D eigenvalue weighted by Crippen LogP contribution is 2.28. The lowest BCUT2D eigenvalue weighted by Crippen LogP contribution is -2.49. The van der Waals surface area contributed by atoms with Crippen LogP contribution in [0.1, 0.15) is 54.3 Å². The van der Waals surface area contributed by atoms with Gasteiger partial charge in [-0.1, -0.05) is 13.3 Å². The predicted octanol–water partition coefficient (Wildman–Crippen LogP) is 1.54.